The van der Waals surface area contributed by atoms with E-state index >= 15 is 0 Å². The lowest BCUT2D eigenvalue weighted by Crippen LogP contribution is -2.39. The Hall–Kier alpha value is -3.14. The Balaban J connectivity index is 1.41. The van der Waals surface area contributed by atoms with Crippen LogP contribution in [0.1, 0.15) is 39.1 Å². The van der Waals surface area contributed by atoms with Crippen LogP contribution in [0.25, 0.3) is 10.8 Å². The second kappa shape index (κ2) is 7.85. The van der Waals surface area contributed by atoms with E-state index in [0.29, 0.717) is 24.6 Å². The van der Waals surface area contributed by atoms with Crippen molar-refractivity contribution >= 4 is 22.6 Å². The lowest BCUT2D eigenvalue weighted by Gasteiger charge is -2.32. The van der Waals surface area contributed by atoms with Crippen molar-refractivity contribution in [3.8, 4) is 0 Å². The Morgan fingerprint density at radius 3 is 2.32 bits per heavy atom. The molecule has 0 radical (unpaired) electrons. The molecule has 142 valence electrons. The Labute approximate surface area is 164 Å². The number of likely N-dealkylation sites (tertiary alicyclic amines) is 1. The van der Waals surface area contributed by atoms with E-state index in [1.807, 2.05) is 59.5 Å². The molecule has 4 nitrogen and oxygen atoms in total. The van der Waals surface area contributed by atoms with E-state index in [4.69, 9.17) is 0 Å². The molecule has 0 saturated carbocycles. The van der Waals surface area contributed by atoms with Crippen molar-refractivity contribution in [2.24, 2.45) is 5.92 Å². The second-order valence-electron chi connectivity index (χ2n) is 7.46. The Bertz CT molecular complexity index is 1020. The Kier molecular flexibility index (Phi) is 5.11. The highest BCUT2D eigenvalue weighted by Gasteiger charge is 2.25. The normalized spacial score (nSPS) is 14.9. The quantitative estimate of drug-likeness (QED) is 0.725. The third-order valence-electron chi connectivity index (χ3n) is 5.65. The van der Waals surface area contributed by atoms with Gasteiger partial charge in [0.2, 0.25) is 0 Å². The fraction of sp³-hybridized carbons (Fsp3) is 0.250. The number of carboxylic acids is 1. The van der Waals surface area contributed by atoms with Crippen molar-refractivity contribution in [2.45, 2.75) is 19.3 Å². The molecule has 0 bridgehead atoms. The summed E-state index contributed by atoms with van der Waals surface area (Å²) in [6, 6.07) is 21.1. The van der Waals surface area contributed by atoms with Crippen molar-refractivity contribution in [1.29, 1.82) is 0 Å². The highest BCUT2D eigenvalue weighted by atomic mass is 16.4. The number of hydrogen-bond donors (Lipinski definition) is 1. The van der Waals surface area contributed by atoms with Gasteiger partial charge >= 0.3 is 5.97 Å². The molecule has 0 aliphatic carbocycles. The van der Waals surface area contributed by atoms with Gasteiger partial charge in [-0.3, -0.25) is 4.79 Å². The van der Waals surface area contributed by atoms with Crippen LogP contribution in [0.4, 0.5) is 0 Å². The third kappa shape index (κ3) is 3.77. The number of piperidine rings is 1. The third-order valence-corrected chi connectivity index (χ3v) is 5.65. The maximum Gasteiger partial charge on any atom is 0.335 e. The van der Waals surface area contributed by atoms with Crippen LogP contribution in [0.15, 0.2) is 66.7 Å². The summed E-state index contributed by atoms with van der Waals surface area (Å²) < 4.78 is 0. The number of rotatable bonds is 4. The van der Waals surface area contributed by atoms with Gasteiger partial charge in [-0.25, -0.2) is 4.79 Å². The maximum absolute atomic E-state index is 12.9. The SMILES string of the molecule is O=C(O)c1ccccc1CC1CCN(C(=O)c2ccc3ccccc3c2)CC1. The summed E-state index contributed by atoms with van der Waals surface area (Å²) in [5.41, 5.74) is 2.00. The first-order valence-electron chi connectivity index (χ1n) is 9.71. The number of nitrogens with zero attached hydrogens (tertiary/aromatic N) is 1. The molecule has 1 N–H and O–H groups in total. The van der Waals surface area contributed by atoms with E-state index in [1.165, 1.54) is 0 Å². The minimum atomic E-state index is -0.875. The standard InChI is InChI=1S/C24H23NO3/c26-23(21-10-9-18-5-1-2-6-19(18)16-21)25-13-11-17(12-14-25)15-20-7-3-4-8-22(20)24(27)28/h1-10,16-17H,11-15H2,(H,27,28). The van der Waals surface area contributed by atoms with Crippen LogP contribution in [0.2, 0.25) is 0 Å². The minimum absolute atomic E-state index is 0.0788. The summed E-state index contributed by atoms with van der Waals surface area (Å²) in [7, 11) is 0. The first-order chi connectivity index (χ1) is 13.6. The molecule has 4 rings (SSSR count). The molecule has 0 atom stereocenters. The Morgan fingerprint density at radius 2 is 1.57 bits per heavy atom. The molecule has 4 heteroatoms. The molecule has 1 heterocycles. The van der Waals surface area contributed by atoms with E-state index in [9.17, 15) is 14.7 Å². The fourth-order valence-electron chi connectivity index (χ4n) is 4.06. The summed E-state index contributed by atoms with van der Waals surface area (Å²) in [5.74, 6) is -0.393. The maximum atomic E-state index is 12.9. The molecule has 0 aromatic heterocycles. The van der Waals surface area contributed by atoms with Gasteiger partial charge in [0.25, 0.3) is 5.91 Å². The van der Waals surface area contributed by atoms with E-state index in [1.54, 1.807) is 12.1 Å². The van der Waals surface area contributed by atoms with Crippen LogP contribution in [-0.4, -0.2) is 35.0 Å². The van der Waals surface area contributed by atoms with Crippen LogP contribution in [0.5, 0.6) is 0 Å². The monoisotopic (exact) mass is 373 g/mol. The number of benzene rings is 3. The number of carbonyl (C=O) groups excluding carboxylic acids is 1. The predicted molar refractivity (Wildman–Crippen MR) is 110 cm³/mol. The molecule has 0 unspecified atom stereocenters. The van der Waals surface area contributed by atoms with Crippen molar-refractivity contribution in [1.82, 2.24) is 4.90 Å². The first-order valence-corrected chi connectivity index (χ1v) is 9.71. The average molecular weight is 373 g/mol. The predicted octanol–water partition coefficient (Wildman–Crippen LogP) is 4.63. The van der Waals surface area contributed by atoms with Crippen LogP contribution in [-0.2, 0) is 6.42 Å². The van der Waals surface area contributed by atoms with Crippen LogP contribution < -0.4 is 0 Å². The zero-order chi connectivity index (χ0) is 19.5. The van der Waals surface area contributed by atoms with Crippen molar-refractivity contribution in [3.63, 3.8) is 0 Å². The van der Waals surface area contributed by atoms with Crippen molar-refractivity contribution in [3.05, 3.63) is 83.4 Å². The van der Waals surface area contributed by atoms with Gasteiger partial charge in [0.05, 0.1) is 5.56 Å². The van der Waals surface area contributed by atoms with Gasteiger partial charge in [0, 0.05) is 18.7 Å². The molecular weight excluding hydrogens is 350 g/mol. The van der Waals surface area contributed by atoms with Gasteiger partial charge in [-0.1, -0.05) is 48.5 Å². The van der Waals surface area contributed by atoms with Crippen LogP contribution in [0.3, 0.4) is 0 Å². The minimum Gasteiger partial charge on any atom is -0.478 e. The molecule has 1 amide bonds. The highest BCUT2D eigenvalue weighted by molar-refractivity contribution is 5.98. The number of carbonyl (C=O) groups is 2. The van der Waals surface area contributed by atoms with Crippen molar-refractivity contribution in [2.75, 3.05) is 13.1 Å². The molecule has 0 spiro atoms. The summed E-state index contributed by atoms with van der Waals surface area (Å²) in [6.07, 6.45) is 2.54. The zero-order valence-corrected chi connectivity index (χ0v) is 15.7. The average Bonchev–Trinajstić information content (AvgIpc) is 2.73. The van der Waals surface area contributed by atoms with E-state index in [2.05, 4.69) is 0 Å². The van der Waals surface area contributed by atoms with Crippen LogP contribution in [0, 0.1) is 5.92 Å². The van der Waals surface area contributed by atoms with Gasteiger partial charge in [0.1, 0.15) is 0 Å². The molecule has 28 heavy (non-hydrogen) atoms. The molecule has 3 aromatic carbocycles. The van der Waals surface area contributed by atoms with Gasteiger partial charge < -0.3 is 10.0 Å². The number of aromatic carboxylic acids is 1. The van der Waals surface area contributed by atoms with Crippen molar-refractivity contribution < 1.29 is 14.7 Å². The number of amides is 1. The fourth-order valence-corrected chi connectivity index (χ4v) is 4.06. The summed E-state index contributed by atoms with van der Waals surface area (Å²) in [5, 5.41) is 11.6. The largest absolute Gasteiger partial charge is 0.478 e. The lowest BCUT2D eigenvalue weighted by atomic mass is 9.88. The number of carboxylic acid groups (broad SMARTS) is 1. The van der Waals surface area contributed by atoms with E-state index in [-0.39, 0.29) is 5.91 Å². The van der Waals surface area contributed by atoms with Crippen LogP contribution >= 0.6 is 0 Å². The van der Waals surface area contributed by atoms with Gasteiger partial charge in [-0.15, -0.1) is 0 Å². The first kappa shape index (κ1) is 18.2. The summed E-state index contributed by atoms with van der Waals surface area (Å²) >= 11 is 0. The molecule has 1 fully saturated rings. The highest BCUT2D eigenvalue weighted by Crippen LogP contribution is 2.25. The number of fused-ring (bicyclic) bond motifs is 1. The molecule has 1 saturated heterocycles. The number of hydrogen-bond acceptors (Lipinski definition) is 2. The zero-order valence-electron chi connectivity index (χ0n) is 15.7. The second-order valence-corrected chi connectivity index (χ2v) is 7.46. The van der Waals surface area contributed by atoms with Gasteiger partial charge in [-0.05, 0) is 59.7 Å². The molecular formula is C24H23NO3. The van der Waals surface area contributed by atoms with E-state index < -0.39 is 5.97 Å². The Morgan fingerprint density at radius 1 is 0.893 bits per heavy atom. The lowest BCUT2D eigenvalue weighted by molar-refractivity contribution is 0.0690. The molecule has 1 aliphatic heterocycles. The van der Waals surface area contributed by atoms with E-state index in [0.717, 1.165) is 41.2 Å². The molecule has 3 aromatic rings. The summed E-state index contributed by atoms with van der Waals surface area (Å²) in [6.45, 7) is 1.43. The smallest absolute Gasteiger partial charge is 0.335 e. The summed E-state index contributed by atoms with van der Waals surface area (Å²) in [4.78, 5) is 26.2. The van der Waals surface area contributed by atoms with Gasteiger partial charge in [-0.2, -0.15) is 0 Å². The molecule has 1 aliphatic rings. The van der Waals surface area contributed by atoms with Gasteiger partial charge in [0.15, 0.2) is 0 Å². The topological polar surface area (TPSA) is 57.6 Å².